The predicted octanol–water partition coefficient (Wildman–Crippen LogP) is 6.11. The Labute approximate surface area is 182 Å². The van der Waals surface area contributed by atoms with E-state index in [-0.39, 0.29) is 5.56 Å². The van der Waals surface area contributed by atoms with Gasteiger partial charge >= 0.3 is 0 Å². The number of rotatable bonds is 4. The second-order valence-electron chi connectivity index (χ2n) is 7.21. The number of hydrogen-bond donors (Lipinski definition) is 1. The third kappa shape index (κ3) is 3.42. The van der Waals surface area contributed by atoms with Crippen LogP contribution in [0.15, 0.2) is 70.5 Å². The summed E-state index contributed by atoms with van der Waals surface area (Å²) < 4.78 is 0. The van der Waals surface area contributed by atoms with Gasteiger partial charge in [-0.05, 0) is 31.5 Å². The number of fused-ring (bicyclic) bond motifs is 2. The number of thiophene rings is 1. The van der Waals surface area contributed by atoms with Crippen LogP contribution in [0.5, 0.6) is 0 Å². The van der Waals surface area contributed by atoms with Crippen LogP contribution in [0.2, 0.25) is 0 Å². The molecule has 5 aromatic rings. The SMILES string of the molecule is Cc1ccc(-c2c(C)sc3nc(CSc4ccnc5ccccc45)[nH]c(=O)c23)cc1. The van der Waals surface area contributed by atoms with Crippen molar-refractivity contribution in [3.8, 4) is 11.1 Å². The fraction of sp³-hybridized carbons (Fsp3) is 0.125. The van der Waals surface area contributed by atoms with Crippen molar-refractivity contribution in [1.29, 1.82) is 0 Å². The molecule has 0 atom stereocenters. The lowest BCUT2D eigenvalue weighted by atomic mass is 10.0. The first-order valence-electron chi connectivity index (χ1n) is 9.66. The molecule has 3 aromatic heterocycles. The van der Waals surface area contributed by atoms with Gasteiger partial charge in [-0.15, -0.1) is 23.1 Å². The van der Waals surface area contributed by atoms with E-state index in [1.54, 1.807) is 23.1 Å². The zero-order chi connectivity index (χ0) is 20.7. The van der Waals surface area contributed by atoms with Crippen molar-refractivity contribution < 1.29 is 0 Å². The molecule has 0 aliphatic heterocycles. The number of H-pyrrole nitrogens is 1. The van der Waals surface area contributed by atoms with Crippen LogP contribution in [0, 0.1) is 13.8 Å². The average Bonchev–Trinajstić information content (AvgIpc) is 3.09. The molecule has 0 fully saturated rings. The van der Waals surface area contributed by atoms with E-state index in [4.69, 9.17) is 4.98 Å². The van der Waals surface area contributed by atoms with Gasteiger partial charge < -0.3 is 4.98 Å². The highest BCUT2D eigenvalue weighted by atomic mass is 32.2. The Hall–Kier alpha value is -2.96. The number of aryl methyl sites for hydroxylation is 2. The highest BCUT2D eigenvalue weighted by Crippen LogP contribution is 2.36. The molecule has 0 spiro atoms. The summed E-state index contributed by atoms with van der Waals surface area (Å²) in [5, 5.41) is 1.80. The van der Waals surface area contributed by atoms with Crippen LogP contribution in [0.1, 0.15) is 16.3 Å². The number of pyridine rings is 1. The maximum Gasteiger partial charge on any atom is 0.260 e. The van der Waals surface area contributed by atoms with Gasteiger partial charge in [-0.1, -0.05) is 48.0 Å². The van der Waals surface area contributed by atoms with Gasteiger partial charge in [0.25, 0.3) is 5.56 Å². The molecule has 30 heavy (non-hydrogen) atoms. The number of thioether (sulfide) groups is 1. The Kier molecular flexibility index (Phi) is 4.89. The highest BCUT2D eigenvalue weighted by molar-refractivity contribution is 7.98. The number of aromatic nitrogens is 3. The molecule has 148 valence electrons. The number of aromatic amines is 1. The average molecular weight is 430 g/mol. The van der Waals surface area contributed by atoms with Crippen LogP contribution in [0.4, 0.5) is 0 Å². The minimum absolute atomic E-state index is 0.0740. The topological polar surface area (TPSA) is 58.6 Å². The number of nitrogens with zero attached hydrogens (tertiary/aromatic N) is 2. The van der Waals surface area contributed by atoms with Gasteiger partial charge in [0.1, 0.15) is 10.7 Å². The summed E-state index contributed by atoms with van der Waals surface area (Å²) >= 11 is 3.24. The zero-order valence-electron chi connectivity index (χ0n) is 16.6. The largest absolute Gasteiger partial charge is 0.309 e. The monoisotopic (exact) mass is 429 g/mol. The van der Waals surface area contributed by atoms with Crippen molar-refractivity contribution in [2.24, 2.45) is 0 Å². The first kappa shape index (κ1) is 19.0. The lowest BCUT2D eigenvalue weighted by molar-refractivity contribution is 1.05. The molecule has 0 saturated heterocycles. The Morgan fingerprint density at radius 1 is 1.03 bits per heavy atom. The molecule has 1 N–H and O–H groups in total. The fourth-order valence-electron chi connectivity index (χ4n) is 3.64. The van der Waals surface area contributed by atoms with E-state index in [1.807, 2.05) is 30.5 Å². The van der Waals surface area contributed by atoms with Gasteiger partial charge in [0, 0.05) is 26.9 Å². The van der Waals surface area contributed by atoms with E-state index in [9.17, 15) is 4.79 Å². The molecule has 0 radical (unpaired) electrons. The molecule has 0 bridgehead atoms. The van der Waals surface area contributed by atoms with E-state index < -0.39 is 0 Å². The van der Waals surface area contributed by atoms with Gasteiger partial charge in [-0.25, -0.2) is 4.98 Å². The van der Waals surface area contributed by atoms with E-state index in [2.05, 4.69) is 54.1 Å². The molecule has 4 nitrogen and oxygen atoms in total. The van der Waals surface area contributed by atoms with Gasteiger partial charge in [0.2, 0.25) is 0 Å². The van der Waals surface area contributed by atoms with Crippen LogP contribution in [-0.4, -0.2) is 15.0 Å². The van der Waals surface area contributed by atoms with Gasteiger partial charge in [-0.2, -0.15) is 0 Å². The molecule has 0 amide bonds. The quantitative estimate of drug-likeness (QED) is 0.350. The normalized spacial score (nSPS) is 11.4. The summed E-state index contributed by atoms with van der Waals surface area (Å²) in [6.07, 6.45) is 1.82. The second kappa shape index (κ2) is 7.70. The third-order valence-electron chi connectivity index (χ3n) is 5.10. The van der Waals surface area contributed by atoms with Crippen LogP contribution < -0.4 is 5.56 Å². The molecule has 2 aromatic carbocycles. The van der Waals surface area contributed by atoms with Crippen LogP contribution >= 0.6 is 23.1 Å². The van der Waals surface area contributed by atoms with Crippen molar-refractivity contribution in [3.63, 3.8) is 0 Å². The minimum atomic E-state index is -0.0740. The molecule has 0 aliphatic rings. The fourth-order valence-corrected chi connectivity index (χ4v) is 5.62. The minimum Gasteiger partial charge on any atom is -0.309 e. The summed E-state index contributed by atoms with van der Waals surface area (Å²) in [5.41, 5.74) is 4.14. The van der Waals surface area contributed by atoms with E-state index in [0.717, 1.165) is 36.6 Å². The number of para-hydroxylation sites is 1. The van der Waals surface area contributed by atoms with Gasteiger partial charge in [0.15, 0.2) is 0 Å². The summed E-state index contributed by atoms with van der Waals surface area (Å²) in [4.78, 5) is 28.2. The first-order valence-corrected chi connectivity index (χ1v) is 11.5. The van der Waals surface area contributed by atoms with Crippen LogP contribution in [0.3, 0.4) is 0 Å². The Balaban J connectivity index is 1.51. The third-order valence-corrected chi connectivity index (χ3v) is 7.18. The molecule has 5 rings (SSSR count). The summed E-state index contributed by atoms with van der Waals surface area (Å²) in [7, 11) is 0. The summed E-state index contributed by atoms with van der Waals surface area (Å²) in [6, 6.07) is 18.4. The molecular formula is C24H19N3OS2. The molecule has 6 heteroatoms. The van der Waals surface area contributed by atoms with E-state index >= 15 is 0 Å². The Bertz CT molecular complexity index is 1430. The van der Waals surface area contributed by atoms with E-state index in [1.165, 1.54) is 5.56 Å². The van der Waals surface area contributed by atoms with Crippen molar-refractivity contribution in [2.75, 3.05) is 0 Å². The molecular weight excluding hydrogens is 410 g/mol. The second-order valence-corrected chi connectivity index (χ2v) is 9.43. The standard InChI is InChI=1S/C24H19N3OS2/c1-14-7-9-16(10-8-14)21-15(2)30-24-22(21)23(28)26-20(27-24)13-29-19-11-12-25-18-6-4-3-5-17(18)19/h3-12H,13H2,1-2H3,(H,26,27,28). The number of nitrogens with one attached hydrogen (secondary N) is 1. The van der Waals surface area contributed by atoms with Gasteiger partial charge in [0.05, 0.1) is 16.7 Å². The maximum atomic E-state index is 13.0. The lowest BCUT2D eigenvalue weighted by Crippen LogP contribution is -2.10. The number of benzene rings is 2. The lowest BCUT2D eigenvalue weighted by Gasteiger charge is -2.06. The zero-order valence-corrected chi connectivity index (χ0v) is 18.2. The van der Waals surface area contributed by atoms with Gasteiger partial charge in [-0.3, -0.25) is 9.78 Å². The summed E-state index contributed by atoms with van der Waals surface area (Å²) in [5.74, 6) is 1.28. The molecule has 0 unspecified atom stereocenters. The Morgan fingerprint density at radius 2 is 1.83 bits per heavy atom. The maximum absolute atomic E-state index is 13.0. The van der Waals surface area contributed by atoms with E-state index in [0.29, 0.717) is 17.0 Å². The molecule has 0 saturated carbocycles. The molecule has 3 heterocycles. The Morgan fingerprint density at radius 3 is 2.67 bits per heavy atom. The summed E-state index contributed by atoms with van der Waals surface area (Å²) in [6.45, 7) is 4.12. The van der Waals surface area contributed by atoms with Crippen molar-refractivity contribution in [1.82, 2.24) is 15.0 Å². The van der Waals surface area contributed by atoms with Crippen LogP contribution in [0.25, 0.3) is 32.2 Å². The number of hydrogen-bond acceptors (Lipinski definition) is 5. The van der Waals surface area contributed by atoms with Crippen molar-refractivity contribution in [3.05, 3.63) is 87.4 Å². The smallest absolute Gasteiger partial charge is 0.260 e. The first-order chi connectivity index (χ1) is 14.6. The van der Waals surface area contributed by atoms with Crippen molar-refractivity contribution >= 4 is 44.2 Å². The van der Waals surface area contributed by atoms with Crippen molar-refractivity contribution in [2.45, 2.75) is 24.5 Å². The predicted molar refractivity (Wildman–Crippen MR) is 126 cm³/mol. The van der Waals surface area contributed by atoms with Crippen LogP contribution in [-0.2, 0) is 5.75 Å². The molecule has 0 aliphatic carbocycles. The highest BCUT2D eigenvalue weighted by Gasteiger charge is 2.17.